The van der Waals surface area contributed by atoms with Crippen molar-refractivity contribution in [2.45, 2.75) is 26.8 Å². The first kappa shape index (κ1) is 17.9. The maximum Gasteiger partial charge on any atom is 0.137 e. The van der Waals surface area contributed by atoms with E-state index in [1.54, 1.807) is 12.1 Å². The van der Waals surface area contributed by atoms with Crippen molar-refractivity contribution in [3.63, 3.8) is 0 Å². The molecular formula is C19H28FN5. The molecule has 1 aromatic heterocycles. The highest BCUT2D eigenvalue weighted by Crippen LogP contribution is 2.28. The van der Waals surface area contributed by atoms with Crippen LogP contribution in [0.2, 0.25) is 0 Å². The molecular weight excluding hydrogens is 317 g/mol. The van der Waals surface area contributed by atoms with Crippen LogP contribution in [0.3, 0.4) is 0 Å². The second-order valence-electron chi connectivity index (χ2n) is 6.75. The molecule has 3 rings (SSSR count). The normalized spacial score (nSPS) is 15.8. The number of hydrogen-bond donors (Lipinski definition) is 1. The third-order valence-electron chi connectivity index (χ3n) is 4.74. The van der Waals surface area contributed by atoms with Crippen LogP contribution in [0.15, 0.2) is 24.3 Å². The Kier molecular flexibility index (Phi) is 5.71. The van der Waals surface area contributed by atoms with E-state index < -0.39 is 0 Å². The fraction of sp³-hybridized carbons (Fsp3) is 0.526. The molecule has 1 fully saturated rings. The molecule has 1 N–H and O–H groups in total. The average molecular weight is 345 g/mol. The van der Waals surface area contributed by atoms with Crippen molar-refractivity contribution >= 4 is 5.82 Å². The van der Waals surface area contributed by atoms with E-state index >= 15 is 0 Å². The van der Waals surface area contributed by atoms with Crippen LogP contribution in [0, 0.1) is 12.7 Å². The molecule has 1 aliphatic rings. The van der Waals surface area contributed by atoms with E-state index in [2.05, 4.69) is 29.1 Å². The second kappa shape index (κ2) is 7.97. The standard InChI is InChI=1S/C19H28FN5/c1-4-8-21-14-18-15(2)22-25(17-7-5-6-16(20)13-17)19(18)24-11-9-23(3)10-12-24/h5-7,13,21H,4,8-12,14H2,1-3H3. The number of halogens is 1. The SMILES string of the molecule is CCCNCc1c(C)nn(-c2cccc(F)c2)c1N1CCN(C)CC1. The van der Waals surface area contributed by atoms with Crippen LogP contribution < -0.4 is 10.2 Å². The molecule has 0 saturated carbocycles. The fourth-order valence-corrected chi connectivity index (χ4v) is 3.28. The minimum atomic E-state index is -0.236. The highest BCUT2D eigenvalue weighted by atomic mass is 19.1. The van der Waals surface area contributed by atoms with Gasteiger partial charge in [0.15, 0.2) is 0 Å². The van der Waals surface area contributed by atoms with E-state index in [4.69, 9.17) is 5.10 Å². The highest BCUT2D eigenvalue weighted by Gasteiger charge is 2.24. The zero-order chi connectivity index (χ0) is 17.8. The summed E-state index contributed by atoms with van der Waals surface area (Å²) < 4.78 is 15.7. The molecule has 0 atom stereocenters. The summed E-state index contributed by atoms with van der Waals surface area (Å²) in [4.78, 5) is 4.72. The number of anilines is 1. The number of aryl methyl sites for hydroxylation is 1. The Hall–Kier alpha value is -1.92. The molecule has 5 nitrogen and oxygen atoms in total. The quantitative estimate of drug-likeness (QED) is 0.817. The van der Waals surface area contributed by atoms with Gasteiger partial charge in [-0.3, -0.25) is 0 Å². The van der Waals surface area contributed by atoms with Gasteiger partial charge in [-0.05, 0) is 45.1 Å². The molecule has 136 valence electrons. The minimum absolute atomic E-state index is 0.236. The van der Waals surface area contributed by atoms with Crippen molar-refractivity contribution in [1.82, 2.24) is 20.0 Å². The van der Waals surface area contributed by atoms with Gasteiger partial charge >= 0.3 is 0 Å². The average Bonchev–Trinajstić information content (AvgIpc) is 2.93. The number of aromatic nitrogens is 2. The molecule has 0 amide bonds. The van der Waals surface area contributed by atoms with Gasteiger partial charge in [-0.15, -0.1) is 0 Å². The molecule has 0 bridgehead atoms. The molecule has 1 aromatic carbocycles. The van der Waals surface area contributed by atoms with Crippen LogP contribution in [0.4, 0.5) is 10.2 Å². The summed E-state index contributed by atoms with van der Waals surface area (Å²) in [5.41, 5.74) is 2.99. The number of piperazine rings is 1. The van der Waals surface area contributed by atoms with Gasteiger partial charge in [0.25, 0.3) is 0 Å². The largest absolute Gasteiger partial charge is 0.354 e. The summed E-state index contributed by atoms with van der Waals surface area (Å²) in [5.74, 6) is 0.862. The molecule has 1 aliphatic heterocycles. The third-order valence-corrected chi connectivity index (χ3v) is 4.74. The molecule has 2 heterocycles. The van der Waals surface area contributed by atoms with Gasteiger partial charge in [-0.25, -0.2) is 9.07 Å². The van der Waals surface area contributed by atoms with Crippen molar-refractivity contribution in [3.8, 4) is 5.69 Å². The first-order valence-corrected chi connectivity index (χ1v) is 9.08. The zero-order valence-electron chi connectivity index (χ0n) is 15.4. The first-order valence-electron chi connectivity index (χ1n) is 9.08. The molecule has 0 unspecified atom stereocenters. The van der Waals surface area contributed by atoms with E-state index in [0.29, 0.717) is 0 Å². The fourth-order valence-electron chi connectivity index (χ4n) is 3.28. The predicted molar refractivity (Wildman–Crippen MR) is 100.0 cm³/mol. The van der Waals surface area contributed by atoms with Crippen LogP contribution in [-0.2, 0) is 6.54 Å². The van der Waals surface area contributed by atoms with Gasteiger partial charge in [0.2, 0.25) is 0 Å². The van der Waals surface area contributed by atoms with Crippen molar-refractivity contribution in [2.24, 2.45) is 0 Å². The lowest BCUT2D eigenvalue weighted by Gasteiger charge is -2.34. The summed E-state index contributed by atoms with van der Waals surface area (Å²) in [6, 6.07) is 6.68. The second-order valence-corrected chi connectivity index (χ2v) is 6.75. The molecule has 1 saturated heterocycles. The Labute approximate surface area is 149 Å². The maximum atomic E-state index is 13.8. The summed E-state index contributed by atoms with van der Waals surface area (Å²) in [7, 11) is 2.15. The molecule has 0 aliphatic carbocycles. The van der Waals surface area contributed by atoms with Crippen LogP contribution in [0.25, 0.3) is 5.69 Å². The number of likely N-dealkylation sites (N-methyl/N-ethyl adjacent to an activating group) is 1. The summed E-state index contributed by atoms with van der Waals surface area (Å²) in [6.45, 7) is 9.93. The number of nitrogens with zero attached hydrogens (tertiary/aromatic N) is 4. The van der Waals surface area contributed by atoms with Crippen LogP contribution in [0.5, 0.6) is 0 Å². The molecule has 2 aromatic rings. The summed E-state index contributed by atoms with van der Waals surface area (Å²) in [6.07, 6.45) is 1.10. The smallest absolute Gasteiger partial charge is 0.137 e. The van der Waals surface area contributed by atoms with E-state index in [0.717, 1.165) is 62.9 Å². The van der Waals surface area contributed by atoms with Crippen LogP contribution in [0.1, 0.15) is 24.6 Å². The third kappa shape index (κ3) is 4.02. The summed E-state index contributed by atoms with van der Waals surface area (Å²) >= 11 is 0. The van der Waals surface area contributed by atoms with Gasteiger partial charge in [0.1, 0.15) is 11.6 Å². The van der Waals surface area contributed by atoms with Crippen molar-refractivity contribution in [3.05, 3.63) is 41.3 Å². The molecule has 0 radical (unpaired) electrons. The topological polar surface area (TPSA) is 36.3 Å². The van der Waals surface area contributed by atoms with E-state index in [-0.39, 0.29) is 5.82 Å². The Morgan fingerprint density at radius 2 is 1.96 bits per heavy atom. The van der Waals surface area contributed by atoms with E-state index in [1.165, 1.54) is 11.6 Å². The minimum Gasteiger partial charge on any atom is -0.354 e. The van der Waals surface area contributed by atoms with Gasteiger partial charge in [0.05, 0.1) is 11.4 Å². The van der Waals surface area contributed by atoms with E-state index in [9.17, 15) is 4.39 Å². The van der Waals surface area contributed by atoms with Gasteiger partial charge in [-0.1, -0.05) is 13.0 Å². The number of hydrogen-bond acceptors (Lipinski definition) is 4. The van der Waals surface area contributed by atoms with Crippen LogP contribution >= 0.6 is 0 Å². The van der Waals surface area contributed by atoms with Crippen molar-refractivity contribution in [2.75, 3.05) is 44.7 Å². The maximum absolute atomic E-state index is 13.8. The molecule has 25 heavy (non-hydrogen) atoms. The molecule has 0 spiro atoms. The molecule has 6 heteroatoms. The Balaban J connectivity index is 2.00. The van der Waals surface area contributed by atoms with E-state index in [1.807, 2.05) is 17.7 Å². The lowest BCUT2D eigenvalue weighted by Crippen LogP contribution is -2.45. The van der Waals surface area contributed by atoms with Gasteiger partial charge < -0.3 is 15.1 Å². The van der Waals surface area contributed by atoms with Crippen LogP contribution in [-0.4, -0.2) is 54.5 Å². The van der Waals surface area contributed by atoms with Crippen molar-refractivity contribution < 1.29 is 4.39 Å². The zero-order valence-corrected chi connectivity index (χ0v) is 15.4. The Morgan fingerprint density at radius 3 is 2.64 bits per heavy atom. The highest BCUT2D eigenvalue weighted by molar-refractivity contribution is 5.55. The number of nitrogens with one attached hydrogen (secondary N) is 1. The lowest BCUT2D eigenvalue weighted by atomic mass is 10.2. The monoisotopic (exact) mass is 345 g/mol. The van der Waals surface area contributed by atoms with Gasteiger partial charge in [0, 0.05) is 38.3 Å². The summed E-state index contributed by atoms with van der Waals surface area (Å²) in [5, 5.41) is 8.24. The Morgan fingerprint density at radius 1 is 1.20 bits per heavy atom. The van der Waals surface area contributed by atoms with Crippen molar-refractivity contribution in [1.29, 1.82) is 0 Å². The first-order chi connectivity index (χ1) is 12.1. The predicted octanol–water partition coefficient (Wildman–Crippen LogP) is 2.57. The number of rotatable bonds is 6. The lowest BCUT2D eigenvalue weighted by molar-refractivity contribution is 0.311. The number of benzene rings is 1. The van der Waals surface area contributed by atoms with Gasteiger partial charge in [-0.2, -0.15) is 5.10 Å². The Bertz CT molecular complexity index is 704.